The Morgan fingerprint density at radius 3 is 2.46 bits per heavy atom. The van der Waals surface area contributed by atoms with Crippen LogP contribution in [-0.2, 0) is 14.8 Å². The van der Waals surface area contributed by atoms with Crippen LogP contribution in [0.2, 0.25) is 0 Å². The molecule has 3 rings (SSSR count). The highest BCUT2D eigenvalue weighted by Crippen LogP contribution is 2.26. The summed E-state index contributed by atoms with van der Waals surface area (Å²) in [5, 5.41) is 6.47. The lowest BCUT2D eigenvalue weighted by atomic mass is 9.97. The normalized spacial score (nSPS) is 16.6. The molecule has 7 nitrogen and oxygen atoms in total. The van der Waals surface area contributed by atoms with Gasteiger partial charge in [0.2, 0.25) is 15.9 Å². The van der Waals surface area contributed by atoms with Crippen LogP contribution >= 0.6 is 0 Å². The van der Waals surface area contributed by atoms with Crippen LogP contribution < -0.4 is 5.32 Å². The molecule has 8 heteroatoms. The Morgan fingerprint density at radius 1 is 1.19 bits per heavy atom. The molecule has 0 spiro atoms. The first kappa shape index (κ1) is 18.6. The van der Waals surface area contributed by atoms with E-state index in [9.17, 15) is 13.2 Å². The van der Waals surface area contributed by atoms with E-state index in [1.165, 1.54) is 4.31 Å². The van der Waals surface area contributed by atoms with Gasteiger partial charge in [0.15, 0.2) is 5.82 Å². The van der Waals surface area contributed by atoms with E-state index in [1.807, 2.05) is 13.0 Å². The number of carbonyl (C=O) groups excluding carboxylic acids is 1. The van der Waals surface area contributed by atoms with Gasteiger partial charge in [-0.1, -0.05) is 22.9 Å². The summed E-state index contributed by atoms with van der Waals surface area (Å²) in [6.07, 6.45) is 0.958. The summed E-state index contributed by atoms with van der Waals surface area (Å²) in [5.41, 5.74) is 1.77. The molecule has 1 fully saturated rings. The van der Waals surface area contributed by atoms with Gasteiger partial charge < -0.3 is 9.84 Å². The Morgan fingerprint density at radius 2 is 1.88 bits per heavy atom. The van der Waals surface area contributed by atoms with Crippen molar-refractivity contribution in [1.82, 2.24) is 9.46 Å². The SMILES string of the molecule is Cc1ccc(S(=O)(=O)N2CCC(C(=O)Nc3cc(C)on3)CC2)c(C)c1. The fourth-order valence-electron chi connectivity index (χ4n) is 3.24. The van der Waals surface area contributed by atoms with Gasteiger partial charge in [0, 0.05) is 25.1 Å². The molecule has 26 heavy (non-hydrogen) atoms. The standard InChI is InChI=1S/C18H23N3O4S/c1-12-4-5-16(13(2)10-12)26(23,24)21-8-6-15(7-9-21)18(22)19-17-11-14(3)25-20-17/h4-5,10-11,15H,6-9H2,1-3H3,(H,19,20,22). The molecule has 1 saturated heterocycles. The second-order valence-corrected chi connectivity index (χ2v) is 8.67. The lowest BCUT2D eigenvalue weighted by molar-refractivity contribution is -0.120. The van der Waals surface area contributed by atoms with Gasteiger partial charge in [-0.2, -0.15) is 4.31 Å². The summed E-state index contributed by atoms with van der Waals surface area (Å²) in [4.78, 5) is 12.7. The Balaban J connectivity index is 1.65. The van der Waals surface area contributed by atoms with E-state index in [4.69, 9.17) is 4.52 Å². The summed E-state index contributed by atoms with van der Waals surface area (Å²) in [6, 6.07) is 6.98. The van der Waals surface area contributed by atoms with Crippen molar-refractivity contribution in [3.05, 3.63) is 41.2 Å². The average molecular weight is 377 g/mol. The number of anilines is 1. The molecular weight excluding hydrogens is 354 g/mol. The van der Waals surface area contributed by atoms with E-state index < -0.39 is 10.0 Å². The van der Waals surface area contributed by atoms with Gasteiger partial charge >= 0.3 is 0 Å². The third-order valence-electron chi connectivity index (χ3n) is 4.65. The van der Waals surface area contributed by atoms with Crippen molar-refractivity contribution in [2.24, 2.45) is 5.92 Å². The summed E-state index contributed by atoms with van der Waals surface area (Å²) in [7, 11) is -3.54. The predicted octanol–water partition coefficient (Wildman–Crippen LogP) is 2.64. The van der Waals surface area contributed by atoms with E-state index >= 15 is 0 Å². The molecule has 0 atom stereocenters. The molecular formula is C18H23N3O4S. The fraction of sp³-hybridized carbons (Fsp3) is 0.444. The van der Waals surface area contributed by atoms with Crippen LogP contribution in [0.3, 0.4) is 0 Å². The highest BCUT2D eigenvalue weighted by Gasteiger charge is 2.33. The minimum atomic E-state index is -3.54. The van der Waals surface area contributed by atoms with Crippen molar-refractivity contribution in [2.75, 3.05) is 18.4 Å². The van der Waals surface area contributed by atoms with E-state index in [1.54, 1.807) is 32.0 Å². The molecule has 0 saturated carbocycles. The van der Waals surface area contributed by atoms with Gasteiger partial charge in [-0.25, -0.2) is 8.42 Å². The third kappa shape index (κ3) is 3.81. The number of piperidine rings is 1. The van der Waals surface area contributed by atoms with E-state index in [-0.39, 0.29) is 11.8 Å². The quantitative estimate of drug-likeness (QED) is 0.884. The van der Waals surface area contributed by atoms with Crippen molar-refractivity contribution < 1.29 is 17.7 Å². The molecule has 0 bridgehead atoms. The topological polar surface area (TPSA) is 92.5 Å². The second-order valence-electron chi connectivity index (χ2n) is 6.76. The highest BCUT2D eigenvalue weighted by molar-refractivity contribution is 7.89. The summed E-state index contributed by atoms with van der Waals surface area (Å²) < 4.78 is 32.2. The zero-order valence-corrected chi connectivity index (χ0v) is 16.0. The number of benzene rings is 1. The molecule has 1 amide bonds. The van der Waals surface area contributed by atoms with Crippen molar-refractivity contribution in [2.45, 2.75) is 38.5 Å². The molecule has 0 aliphatic carbocycles. The Bertz CT molecular complexity index is 912. The molecule has 2 heterocycles. The maximum absolute atomic E-state index is 12.9. The van der Waals surface area contributed by atoms with Gasteiger partial charge in [0.05, 0.1) is 4.90 Å². The van der Waals surface area contributed by atoms with E-state index in [2.05, 4.69) is 10.5 Å². The van der Waals surface area contributed by atoms with Crippen LogP contribution in [0.25, 0.3) is 0 Å². The Labute approximate surface area is 153 Å². The first-order valence-corrected chi connectivity index (χ1v) is 10.0. The van der Waals surface area contributed by atoms with E-state index in [0.29, 0.717) is 42.4 Å². The Kier molecular flexibility index (Phi) is 5.15. The van der Waals surface area contributed by atoms with Gasteiger partial charge in [-0.15, -0.1) is 0 Å². The maximum atomic E-state index is 12.9. The summed E-state index contributed by atoms with van der Waals surface area (Å²) in [6.45, 7) is 6.14. The third-order valence-corrected chi connectivity index (χ3v) is 6.71. The number of aryl methyl sites for hydroxylation is 3. The molecule has 1 N–H and O–H groups in total. The van der Waals surface area contributed by atoms with Gasteiger partial charge in [0.25, 0.3) is 0 Å². The average Bonchev–Trinajstić information content (AvgIpc) is 2.99. The number of amides is 1. The van der Waals surface area contributed by atoms with Gasteiger partial charge in [-0.3, -0.25) is 4.79 Å². The minimum absolute atomic E-state index is 0.151. The monoisotopic (exact) mass is 377 g/mol. The van der Waals surface area contributed by atoms with Crippen LogP contribution in [0.5, 0.6) is 0 Å². The van der Waals surface area contributed by atoms with Crippen LogP contribution in [0, 0.1) is 26.7 Å². The molecule has 1 aliphatic heterocycles. The molecule has 140 valence electrons. The maximum Gasteiger partial charge on any atom is 0.243 e. The van der Waals surface area contributed by atoms with Crippen LogP contribution in [0.15, 0.2) is 33.7 Å². The van der Waals surface area contributed by atoms with Crippen LogP contribution in [-0.4, -0.2) is 36.9 Å². The predicted molar refractivity (Wildman–Crippen MR) is 97.3 cm³/mol. The number of aromatic nitrogens is 1. The number of nitrogens with zero attached hydrogens (tertiary/aromatic N) is 2. The van der Waals surface area contributed by atoms with Gasteiger partial charge in [0.1, 0.15) is 5.76 Å². The molecule has 1 aromatic carbocycles. The van der Waals surface area contributed by atoms with Gasteiger partial charge in [-0.05, 0) is 45.2 Å². The van der Waals surface area contributed by atoms with Crippen molar-refractivity contribution in [3.8, 4) is 0 Å². The number of sulfonamides is 1. The smallest absolute Gasteiger partial charge is 0.243 e. The lowest BCUT2D eigenvalue weighted by Crippen LogP contribution is -2.41. The summed E-state index contributed by atoms with van der Waals surface area (Å²) >= 11 is 0. The number of nitrogens with one attached hydrogen (secondary N) is 1. The lowest BCUT2D eigenvalue weighted by Gasteiger charge is -2.30. The minimum Gasteiger partial charge on any atom is -0.360 e. The molecule has 2 aromatic rings. The molecule has 0 unspecified atom stereocenters. The highest BCUT2D eigenvalue weighted by atomic mass is 32.2. The molecule has 1 aliphatic rings. The van der Waals surface area contributed by atoms with Crippen molar-refractivity contribution in [3.63, 3.8) is 0 Å². The first-order chi connectivity index (χ1) is 12.3. The summed E-state index contributed by atoms with van der Waals surface area (Å²) in [5.74, 6) is 0.618. The molecule has 1 aromatic heterocycles. The molecule has 0 radical (unpaired) electrons. The van der Waals surface area contributed by atoms with Crippen molar-refractivity contribution in [1.29, 1.82) is 0 Å². The Hall–Kier alpha value is -2.19. The number of rotatable bonds is 4. The van der Waals surface area contributed by atoms with E-state index in [0.717, 1.165) is 11.1 Å². The van der Waals surface area contributed by atoms with Crippen molar-refractivity contribution >= 4 is 21.7 Å². The number of carbonyl (C=O) groups is 1. The number of hydrogen-bond donors (Lipinski definition) is 1. The van der Waals surface area contributed by atoms with Crippen LogP contribution in [0.4, 0.5) is 5.82 Å². The second kappa shape index (κ2) is 7.20. The largest absolute Gasteiger partial charge is 0.360 e. The zero-order valence-electron chi connectivity index (χ0n) is 15.2. The zero-order chi connectivity index (χ0) is 18.9. The van der Waals surface area contributed by atoms with Crippen LogP contribution in [0.1, 0.15) is 29.7 Å². The fourth-order valence-corrected chi connectivity index (χ4v) is 4.92. The number of hydrogen-bond acceptors (Lipinski definition) is 5. The first-order valence-electron chi connectivity index (χ1n) is 8.59.